The Labute approximate surface area is 124 Å². The number of sulfone groups is 1. The van der Waals surface area contributed by atoms with Crippen molar-refractivity contribution < 1.29 is 13.2 Å². The molecule has 0 heterocycles. The van der Waals surface area contributed by atoms with Gasteiger partial charge in [-0.05, 0) is 30.7 Å². The molecule has 2 aromatic rings. The SMILES string of the molecule is N#Cc1ccccc1OCCCS(=O)(=O)c1ccccc1. The van der Waals surface area contributed by atoms with Crippen LogP contribution in [0, 0.1) is 11.3 Å². The maximum absolute atomic E-state index is 12.1. The van der Waals surface area contributed by atoms with Gasteiger partial charge in [-0.25, -0.2) is 8.42 Å². The first kappa shape index (κ1) is 15.1. The van der Waals surface area contributed by atoms with Crippen molar-refractivity contribution >= 4 is 9.84 Å². The molecule has 0 spiro atoms. The van der Waals surface area contributed by atoms with E-state index in [4.69, 9.17) is 10.00 Å². The zero-order chi connectivity index (χ0) is 15.1. The van der Waals surface area contributed by atoms with Crippen molar-refractivity contribution in [2.45, 2.75) is 11.3 Å². The molecule has 2 rings (SSSR count). The van der Waals surface area contributed by atoms with Crippen molar-refractivity contribution in [2.75, 3.05) is 12.4 Å². The van der Waals surface area contributed by atoms with Crippen LogP contribution in [0.3, 0.4) is 0 Å². The highest BCUT2D eigenvalue weighted by Gasteiger charge is 2.13. The first-order valence-corrected chi connectivity index (χ1v) is 8.18. The molecule has 2 aromatic carbocycles. The topological polar surface area (TPSA) is 67.2 Å². The maximum atomic E-state index is 12.1. The molecule has 0 aliphatic carbocycles. The Morgan fingerprint density at radius 2 is 1.67 bits per heavy atom. The third-order valence-corrected chi connectivity index (χ3v) is 4.74. The quantitative estimate of drug-likeness (QED) is 0.769. The summed E-state index contributed by atoms with van der Waals surface area (Å²) in [5.41, 5.74) is 0.448. The average Bonchev–Trinajstić information content (AvgIpc) is 2.53. The maximum Gasteiger partial charge on any atom is 0.178 e. The van der Waals surface area contributed by atoms with E-state index in [1.165, 1.54) is 0 Å². The molecule has 108 valence electrons. The van der Waals surface area contributed by atoms with E-state index in [1.54, 1.807) is 54.6 Å². The van der Waals surface area contributed by atoms with Gasteiger partial charge in [0.2, 0.25) is 0 Å². The van der Waals surface area contributed by atoms with Crippen molar-refractivity contribution in [3.63, 3.8) is 0 Å². The molecule has 0 saturated carbocycles. The van der Waals surface area contributed by atoms with E-state index >= 15 is 0 Å². The first-order chi connectivity index (χ1) is 10.1. The minimum absolute atomic E-state index is 0.0196. The minimum Gasteiger partial charge on any atom is -0.492 e. The van der Waals surface area contributed by atoms with Crippen LogP contribution in [0.2, 0.25) is 0 Å². The van der Waals surface area contributed by atoms with Crippen LogP contribution < -0.4 is 4.74 Å². The van der Waals surface area contributed by atoms with Crippen LogP contribution in [0.1, 0.15) is 12.0 Å². The summed E-state index contributed by atoms with van der Waals surface area (Å²) < 4.78 is 29.6. The summed E-state index contributed by atoms with van der Waals surface area (Å²) in [6, 6.07) is 17.3. The lowest BCUT2D eigenvalue weighted by Crippen LogP contribution is -2.10. The molecule has 0 radical (unpaired) electrons. The third-order valence-electron chi connectivity index (χ3n) is 2.92. The lowest BCUT2D eigenvalue weighted by Gasteiger charge is -2.08. The fourth-order valence-electron chi connectivity index (χ4n) is 1.86. The van der Waals surface area contributed by atoms with E-state index in [9.17, 15) is 8.42 Å². The Hall–Kier alpha value is -2.32. The van der Waals surface area contributed by atoms with Gasteiger partial charge < -0.3 is 4.74 Å². The normalized spacial score (nSPS) is 10.8. The molecule has 5 heteroatoms. The van der Waals surface area contributed by atoms with E-state index in [0.717, 1.165) is 0 Å². The van der Waals surface area contributed by atoms with E-state index in [1.807, 2.05) is 6.07 Å². The largest absolute Gasteiger partial charge is 0.492 e. The van der Waals surface area contributed by atoms with Crippen LogP contribution in [-0.4, -0.2) is 20.8 Å². The zero-order valence-corrected chi connectivity index (χ0v) is 12.2. The molecule has 0 N–H and O–H groups in total. The summed E-state index contributed by atoms with van der Waals surface area (Å²) >= 11 is 0. The number of ether oxygens (including phenoxy) is 1. The Balaban J connectivity index is 1.89. The van der Waals surface area contributed by atoms with Gasteiger partial charge >= 0.3 is 0 Å². The molecule has 0 amide bonds. The van der Waals surface area contributed by atoms with Crippen LogP contribution in [0.25, 0.3) is 0 Å². The summed E-state index contributed by atoms with van der Waals surface area (Å²) in [4.78, 5) is 0.322. The lowest BCUT2D eigenvalue weighted by atomic mass is 10.2. The molecule has 0 unspecified atom stereocenters. The number of hydrogen-bond acceptors (Lipinski definition) is 4. The third kappa shape index (κ3) is 4.07. The fourth-order valence-corrected chi connectivity index (χ4v) is 3.17. The summed E-state index contributed by atoms with van der Waals surface area (Å²) in [5.74, 6) is 0.503. The lowest BCUT2D eigenvalue weighted by molar-refractivity contribution is 0.317. The molecule has 0 fully saturated rings. The van der Waals surface area contributed by atoms with Gasteiger partial charge in [0.05, 0.1) is 22.8 Å². The first-order valence-electron chi connectivity index (χ1n) is 6.53. The molecular formula is C16H15NO3S. The fraction of sp³-hybridized carbons (Fsp3) is 0.188. The van der Waals surface area contributed by atoms with Gasteiger partial charge in [0.25, 0.3) is 0 Å². The second-order valence-corrected chi connectivity index (χ2v) is 6.55. The van der Waals surface area contributed by atoms with Gasteiger partial charge in [-0.1, -0.05) is 30.3 Å². The average molecular weight is 301 g/mol. The molecule has 0 saturated heterocycles. The Morgan fingerprint density at radius 3 is 2.38 bits per heavy atom. The monoisotopic (exact) mass is 301 g/mol. The van der Waals surface area contributed by atoms with Crippen LogP contribution in [0.5, 0.6) is 5.75 Å². The second-order valence-electron chi connectivity index (χ2n) is 4.44. The van der Waals surface area contributed by atoms with Gasteiger partial charge in [0.15, 0.2) is 9.84 Å². The van der Waals surface area contributed by atoms with E-state index in [2.05, 4.69) is 0 Å². The van der Waals surface area contributed by atoms with Gasteiger partial charge in [0.1, 0.15) is 11.8 Å². The van der Waals surface area contributed by atoms with Crippen molar-refractivity contribution in [1.82, 2.24) is 0 Å². The molecule has 4 nitrogen and oxygen atoms in total. The second kappa shape index (κ2) is 6.91. The van der Waals surface area contributed by atoms with Gasteiger partial charge in [-0.3, -0.25) is 0 Å². The van der Waals surface area contributed by atoms with Crippen molar-refractivity contribution in [3.8, 4) is 11.8 Å². The highest BCUT2D eigenvalue weighted by molar-refractivity contribution is 7.91. The smallest absolute Gasteiger partial charge is 0.178 e. The van der Waals surface area contributed by atoms with Crippen LogP contribution in [0.4, 0.5) is 0 Å². The van der Waals surface area contributed by atoms with E-state index < -0.39 is 9.84 Å². The number of rotatable bonds is 6. The Kier molecular flexibility index (Phi) is 4.96. The number of benzene rings is 2. The summed E-state index contributed by atoms with van der Waals surface area (Å²) in [7, 11) is -3.28. The predicted molar refractivity (Wildman–Crippen MR) is 79.8 cm³/mol. The zero-order valence-electron chi connectivity index (χ0n) is 11.4. The number of hydrogen-bond donors (Lipinski definition) is 0. The van der Waals surface area contributed by atoms with Gasteiger partial charge in [-0.2, -0.15) is 5.26 Å². The van der Waals surface area contributed by atoms with Crippen molar-refractivity contribution in [1.29, 1.82) is 5.26 Å². The summed E-state index contributed by atoms with van der Waals surface area (Å²) in [5, 5.41) is 8.93. The number of para-hydroxylation sites is 1. The van der Waals surface area contributed by atoms with Crippen LogP contribution in [0.15, 0.2) is 59.5 Å². The Morgan fingerprint density at radius 1 is 1.00 bits per heavy atom. The predicted octanol–water partition coefficient (Wildman–Crippen LogP) is 2.80. The number of nitriles is 1. The molecule has 0 bridgehead atoms. The van der Waals surface area contributed by atoms with Crippen LogP contribution in [-0.2, 0) is 9.84 Å². The minimum atomic E-state index is -3.28. The summed E-state index contributed by atoms with van der Waals surface area (Å²) in [6.45, 7) is 0.255. The highest BCUT2D eigenvalue weighted by Crippen LogP contribution is 2.17. The molecule has 0 aliphatic heterocycles. The van der Waals surface area contributed by atoms with E-state index in [-0.39, 0.29) is 12.4 Å². The van der Waals surface area contributed by atoms with Gasteiger partial charge in [-0.15, -0.1) is 0 Å². The van der Waals surface area contributed by atoms with Gasteiger partial charge in [0, 0.05) is 0 Å². The van der Waals surface area contributed by atoms with E-state index in [0.29, 0.717) is 22.6 Å². The summed E-state index contributed by atoms with van der Waals surface area (Å²) in [6.07, 6.45) is 0.372. The Bertz CT molecular complexity index is 734. The van der Waals surface area contributed by atoms with Crippen LogP contribution >= 0.6 is 0 Å². The molecule has 0 aliphatic rings. The highest BCUT2D eigenvalue weighted by atomic mass is 32.2. The van der Waals surface area contributed by atoms with Crippen molar-refractivity contribution in [3.05, 3.63) is 60.2 Å². The standard InChI is InChI=1S/C16H15NO3S/c17-13-14-7-4-5-10-16(14)20-11-6-12-21(18,19)15-8-2-1-3-9-15/h1-5,7-10H,6,11-12H2. The van der Waals surface area contributed by atoms with Crippen molar-refractivity contribution in [2.24, 2.45) is 0 Å². The number of nitrogens with zero attached hydrogens (tertiary/aromatic N) is 1. The molecule has 0 atom stereocenters. The molecule has 0 aromatic heterocycles. The molecular weight excluding hydrogens is 286 g/mol. The molecule has 21 heavy (non-hydrogen) atoms.